The van der Waals surface area contributed by atoms with E-state index < -0.39 is 0 Å². The molecule has 0 radical (unpaired) electrons. The highest BCUT2D eigenvalue weighted by molar-refractivity contribution is 9.10. The topological polar surface area (TPSA) is 27.7 Å². The lowest BCUT2D eigenvalue weighted by Crippen LogP contribution is -2.41. The first-order valence-electron chi connectivity index (χ1n) is 8.03. The minimum Gasteiger partial charge on any atom is -0.399 e. The predicted molar refractivity (Wildman–Crippen MR) is 92.7 cm³/mol. The first-order chi connectivity index (χ1) is 10.3. The van der Waals surface area contributed by atoms with Crippen molar-refractivity contribution in [3.05, 3.63) is 28.2 Å². The molecule has 1 aromatic carbocycles. The molecule has 3 rings (SSSR count). The Hall–Kier alpha value is -0.355. The van der Waals surface area contributed by atoms with Crippen LogP contribution in [0.3, 0.4) is 0 Å². The second-order valence-corrected chi connectivity index (χ2v) is 8.14. The zero-order valence-electron chi connectivity index (χ0n) is 13.8. The Kier molecular flexibility index (Phi) is 4.45. The van der Waals surface area contributed by atoms with Gasteiger partial charge in [-0.2, -0.15) is 0 Å². The van der Waals surface area contributed by atoms with Gasteiger partial charge in [0, 0.05) is 17.0 Å². The van der Waals surface area contributed by atoms with Crippen molar-refractivity contribution in [2.75, 3.05) is 13.2 Å². The standard InChI is InChI=1S/C17H24BBrO3/c1-16(2)17(3,4)22-18(21-16)13-7-8-15(19)14(10-13)12-6-5-9-20-11-12/h7-8,10,12H,5-6,9,11H2,1-4H3. The minimum absolute atomic E-state index is 0.304. The molecule has 0 bridgehead atoms. The van der Waals surface area contributed by atoms with Crippen molar-refractivity contribution in [2.24, 2.45) is 0 Å². The largest absolute Gasteiger partial charge is 0.494 e. The quantitative estimate of drug-likeness (QED) is 0.748. The third-order valence-electron chi connectivity index (χ3n) is 5.15. The number of halogens is 1. The molecule has 0 N–H and O–H groups in total. The third-order valence-corrected chi connectivity index (χ3v) is 5.87. The summed E-state index contributed by atoms with van der Waals surface area (Å²) in [5, 5.41) is 0. The average molecular weight is 367 g/mol. The Morgan fingerprint density at radius 2 is 1.82 bits per heavy atom. The van der Waals surface area contributed by atoms with E-state index in [0.29, 0.717) is 5.92 Å². The van der Waals surface area contributed by atoms with Gasteiger partial charge in [0.2, 0.25) is 0 Å². The maximum atomic E-state index is 6.16. The number of hydrogen-bond acceptors (Lipinski definition) is 3. The SMILES string of the molecule is CC1(C)OB(c2ccc(Br)c(C3CCCOC3)c2)OC1(C)C. The molecule has 2 aliphatic rings. The van der Waals surface area contributed by atoms with Crippen molar-refractivity contribution >= 4 is 28.5 Å². The fourth-order valence-corrected chi connectivity index (χ4v) is 3.56. The fourth-order valence-electron chi connectivity index (χ4n) is 2.99. The summed E-state index contributed by atoms with van der Waals surface area (Å²) in [5.41, 5.74) is 1.77. The van der Waals surface area contributed by atoms with Gasteiger partial charge in [-0.05, 0) is 57.6 Å². The Morgan fingerprint density at radius 3 is 2.41 bits per heavy atom. The van der Waals surface area contributed by atoms with Crippen LogP contribution in [0.15, 0.2) is 22.7 Å². The second-order valence-electron chi connectivity index (χ2n) is 7.28. The predicted octanol–water partition coefficient (Wildman–Crippen LogP) is 3.64. The summed E-state index contributed by atoms with van der Waals surface area (Å²) in [7, 11) is -0.304. The first-order valence-corrected chi connectivity index (χ1v) is 8.82. The molecule has 2 heterocycles. The molecule has 5 heteroatoms. The summed E-state index contributed by atoms with van der Waals surface area (Å²) in [5.74, 6) is 0.450. The first kappa shape index (κ1) is 16.5. The normalized spacial score (nSPS) is 27.1. The van der Waals surface area contributed by atoms with Crippen LogP contribution in [0.25, 0.3) is 0 Å². The molecular weight excluding hydrogens is 343 g/mol. The molecule has 1 atom stereocenters. The van der Waals surface area contributed by atoms with E-state index in [0.717, 1.165) is 29.6 Å². The maximum Gasteiger partial charge on any atom is 0.494 e. The molecule has 0 aromatic heterocycles. The molecule has 3 nitrogen and oxygen atoms in total. The van der Waals surface area contributed by atoms with Crippen LogP contribution >= 0.6 is 15.9 Å². The van der Waals surface area contributed by atoms with Crippen LogP contribution in [0, 0.1) is 0 Å². The van der Waals surface area contributed by atoms with Crippen LogP contribution in [-0.2, 0) is 14.0 Å². The summed E-state index contributed by atoms with van der Waals surface area (Å²) in [6.45, 7) is 10.0. The Bertz CT molecular complexity index is 537. The van der Waals surface area contributed by atoms with Crippen molar-refractivity contribution in [2.45, 2.75) is 57.7 Å². The lowest BCUT2D eigenvalue weighted by Gasteiger charge is -2.32. The van der Waals surface area contributed by atoms with E-state index in [4.69, 9.17) is 14.0 Å². The van der Waals surface area contributed by atoms with Crippen molar-refractivity contribution < 1.29 is 14.0 Å². The van der Waals surface area contributed by atoms with Crippen molar-refractivity contribution in [3.8, 4) is 0 Å². The molecule has 1 unspecified atom stereocenters. The number of rotatable bonds is 2. The molecule has 0 aliphatic carbocycles. The average Bonchev–Trinajstić information content (AvgIpc) is 2.69. The second kappa shape index (κ2) is 5.93. The zero-order chi connectivity index (χ0) is 16.0. The van der Waals surface area contributed by atoms with Crippen molar-refractivity contribution in [1.29, 1.82) is 0 Å². The van der Waals surface area contributed by atoms with Crippen LogP contribution in [-0.4, -0.2) is 31.5 Å². The van der Waals surface area contributed by atoms with E-state index >= 15 is 0 Å². The Labute approximate surface area is 142 Å². The Morgan fingerprint density at radius 1 is 1.14 bits per heavy atom. The molecule has 2 saturated heterocycles. The van der Waals surface area contributed by atoms with Crippen molar-refractivity contribution in [3.63, 3.8) is 0 Å². The highest BCUT2D eigenvalue weighted by Gasteiger charge is 2.51. The van der Waals surface area contributed by atoms with Gasteiger partial charge in [-0.15, -0.1) is 0 Å². The summed E-state index contributed by atoms with van der Waals surface area (Å²) in [6, 6.07) is 6.40. The number of hydrogen-bond donors (Lipinski definition) is 0. The van der Waals surface area contributed by atoms with Gasteiger partial charge >= 0.3 is 7.12 Å². The van der Waals surface area contributed by atoms with Gasteiger partial charge in [-0.25, -0.2) is 0 Å². The monoisotopic (exact) mass is 366 g/mol. The van der Waals surface area contributed by atoms with Crippen LogP contribution in [0.2, 0.25) is 0 Å². The highest BCUT2D eigenvalue weighted by Crippen LogP contribution is 2.37. The summed E-state index contributed by atoms with van der Waals surface area (Å²) < 4.78 is 19.1. The van der Waals surface area contributed by atoms with E-state index in [9.17, 15) is 0 Å². The molecule has 0 spiro atoms. The Balaban J connectivity index is 1.87. The van der Waals surface area contributed by atoms with Gasteiger partial charge in [0.25, 0.3) is 0 Å². The summed E-state index contributed by atoms with van der Waals surface area (Å²) in [4.78, 5) is 0. The van der Waals surface area contributed by atoms with Gasteiger partial charge in [0.1, 0.15) is 0 Å². The lowest BCUT2D eigenvalue weighted by atomic mass is 9.77. The molecular formula is C17H24BBrO3. The molecule has 0 saturated carbocycles. The minimum atomic E-state index is -0.307. The van der Waals surface area contributed by atoms with Gasteiger partial charge in [-0.3, -0.25) is 0 Å². The molecule has 1 aromatic rings. The van der Waals surface area contributed by atoms with Gasteiger partial charge in [0.05, 0.1) is 17.8 Å². The van der Waals surface area contributed by atoms with Crippen molar-refractivity contribution in [1.82, 2.24) is 0 Å². The maximum absolute atomic E-state index is 6.16. The van der Waals surface area contributed by atoms with E-state index in [1.807, 2.05) is 0 Å². The van der Waals surface area contributed by atoms with Crippen LogP contribution in [0.1, 0.15) is 52.0 Å². The van der Waals surface area contributed by atoms with Gasteiger partial charge in [0.15, 0.2) is 0 Å². The van der Waals surface area contributed by atoms with E-state index in [-0.39, 0.29) is 18.3 Å². The smallest absolute Gasteiger partial charge is 0.399 e. The van der Waals surface area contributed by atoms with Crippen LogP contribution in [0.4, 0.5) is 0 Å². The van der Waals surface area contributed by atoms with E-state index in [2.05, 4.69) is 61.8 Å². The molecule has 22 heavy (non-hydrogen) atoms. The fraction of sp³-hybridized carbons (Fsp3) is 0.647. The molecule has 120 valence electrons. The third kappa shape index (κ3) is 3.01. The summed E-state index contributed by atoms with van der Waals surface area (Å²) in [6.07, 6.45) is 2.29. The van der Waals surface area contributed by atoms with E-state index in [1.54, 1.807) is 0 Å². The summed E-state index contributed by atoms with van der Waals surface area (Å²) >= 11 is 3.68. The van der Waals surface area contributed by atoms with Gasteiger partial charge < -0.3 is 14.0 Å². The van der Waals surface area contributed by atoms with E-state index in [1.165, 1.54) is 12.0 Å². The highest BCUT2D eigenvalue weighted by atomic mass is 79.9. The molecule has 2 aliphatic heterocycles. The number of ether oxygens (including phenoxy) is 1. The number of benzene rings is 1. The zero-order valence-corrected chi connectivity index (χ0v) is 15.4. The van der Waals surface area contributed by atoms with Crippen LogP contribution in [0.5, 0.6) is 0 Å². The van der Waals surface area contributed by atoms with Gasteiger partial charge in [-0.1, -0.05) is 28.1 Å². The molecule has 0 amide bonds. The van der Waals surface area contributed by atoms with Crippen LogP contribution < -0.4 is 5.46 Å². The lowest BCUT2D eigenvalue weighted by molar-refractivity contribution is 0.00578. The molecule has 2 fully saturated rings.